The second kappa shape index (κ2) is 7.62. The Morgan fingerprint density at radius 3 is 2.80 bits per heavy atom. The minimum atomic E-state index is 0.651. The van der Waals surface area contributed by atoms with Crippen molar-refractivity contribution in [2.75, 3.05) is 6.54 Å². The lowest BCUT2D eigenvalue weighted by atomic mass is 10.2. The van der Waals surface area contributed by atoms with Gasteiger partial charge in [0.2, 0.25) is 0 Å². The maximum Gasteiger partial charge on any atom is 0.116 e. The Balaban J connectivity index is 1.99. The number of hydrogen-bond donors (Lipinski definition) is 1. The van der Waals surface area contributed by atoms with Crippen molar-refractivity contribution in [3.8, 4) is 0 Å². The lowest BCUT2D eigenvalue weighted by Crippen LogP contribution is -2.18. The van der Waals surface area contributed by atoms with Gasteiger partial charge in [0, 0.05) is 17.6 Å². The highest BCUT2D eigenvalue weighted by Gasteiger charge is 2.05. The molecule has 0 atom stereocenters. The maximum atomic E-state index is 6.33. The van der Waals surface area contributed by atoms with Gasteiger partial charge in [-0.15, -0.1) is 0 Å². The van der Waals surface area contributed by atoms with Crippen molar-refractivity contribution >= 4 is 23.4 Å². The summed E-state index contributed by atoms with van der Waals surface area (Å²) in [5.74, 6) is 0.651. The van der Waals surface area contributed by atoms with Crippen LogP contribution < -0.4 is 5.32 Å². The number of nitrogens with zero attached hydrogens (tertiary/aromatic N) is 2. The van der Waals surface area contributed by atoms with Gasteiger partial charge in [0.1, 0.15) is 11.4 Å². The molecule has 5 heteroatoms. The fourth-order valence-electron chi connectivity index (χ4n) is 1.69. The Labute approximate surface area is 129 Å². The Bertz CT molecular complexity index is 546. The lowest BCUT2D eigenvalue weighted by molar-refractivity contribution is 0.552. The molecule has 0 fully saturated rings. The van der Waals surface area contributed by atoms with Crippen molar-refractivity contribution < 1.29 is 0 Å². The van der Waals surface area contributed by atoms with Gasteiger partial charge in [-0.1, -0.05) is 43.3 Å². The molecular formula is C15H18ClN3S. The molecule has 20 heavy (non-hydrogen) atoms. The zero-order chi connectivity index (χ0) is 14.4. The first-order chi connectivity index (χ1) is 9.65. The largest absolute Gasteiger partial charge is 0.312 e. The molecule has 0 spiro atoms. The van der Waals surface area contributed by atoms with Crippen LogP contribution in [0, 0.1) is 5.92 Å². The number of halogens is 1. The second-order valence-corrected chi connectivity index (χ2v) is 6.41. The fourth-order valence-corrected chi connectivity index (χ4v) is 2.76. The van der Waals surface area contributed by atoms with Crippen molar-refractivity contribution in [1.82, 2.24) is 15.3 Å². The van der Waals surface area contributed by atoms with Crippen molar-refractivity contribution in [1.29, 1.82) is 0 Å². The smallest absolute Gasteiger partial charge is 0.116 e. The van der Waals surface area contributed by atoms with E-state index in [1.165, 1.54) is 5.56 Å². The third kappa shape index (κ3) is 4.78. The van der Waals surface area contributed by atoms with Gasteiger partial charge in [0.15, 0.2) is 0 Å². The van der Waals surface area contributed by atoms with Crippen molar-refractivity contribution in [3.05, 3.63) is 47.4 Å². The molecule has 0 saturated heterocycles. The van der Waals surface area contributed by atoms with Crippen LogP contribution in [0.1, 0.15) is 19.4 Å². The molecule has 1 aromatic carbocycles. The number of benzene rings is 1. The minimum absolute atomic E-state index is 0.651. The van der Waals surface area contributed by atoms with Gasteiger partial charge in [-0.25, -0.2) is 9.97 Å². The Hall–Kier alpha value is -1.10. The van der Waals surface area contributed by atoms with E-state index < -0.39 is 0 Å². The summed E-state index contributed by atoms with van der Waals surface area (Å²) in [6.45, 7) is 6.24. The second-order valence-electron chi connectivity index (χ2n) is 4.94. The standard InChI is InChI=1S/C15H18ClN3S/c1-11(2)8-18-9-12-3-4-14(13(16)7-12)20-15-5-6-17-10-19-15/h3-7,10-11,18H,8-9H2,1-2H3. The predicted octanol–water partition coefficient (Wildman–Crippen LogP) is 4.03. The third-order valence-electron chi connectivity index (χ3n) is 2.65. The van der Waals surface area contributed by atoms with Crippen molar-refractivity contribution in [3.63, 3.8) is 0 Å². The molecule has 0 radical (unpaired) electrons. The zero-order valence-electron chi connectivity index (χ0n) is 11.6. The Morgan fingerprint density at radius 1 is 1.30 bits per heavy atom. The topological polar surface area (TPSA) is 37.8 Å². The van der Waals surface area contributed by atoms with Gasteiger partial charge < -0.3 is 5.32 Å². The van der Waals surface area contributed by atoms with Crippen LogP contribution in [0.5, 0.6) is 0 Å². The number of hydrogen-bond acceptors (Lipinski definition) is 4. The van der Waals surface area contributed by atoms with E-state index in [0.29, 0.717) is 5.92 Å². The van der Waals surface area contributed by atoms with E-state index in [9.17, 15) is 0 Å². The first kappa shape index (κ1) is 15.3. The molecule has 0 amide bonds. The number of nitrogens with one attached hydrogen (secondary N) is 1. The molecule has 0 unspecified atom stereocenters. The maximum absolute atomic E-state index is 6.33. The van der Waals surface area contributed by atoms with Crippen LogP contribution in [0.4, 0.5) is 0 Å². The molecule has 3 nitrogen and oxygen atoms in total. The van der Waals surface area contributed by atoms with E-state index in [1.807, 2.05) is 18.2 Å². The number of rotatable bonds is 6. The average Bonchev–Trinajstić information content (AvgIpc) is 2.42. The fraction of sp³-hybridized carbons (Fsp3) is 0.333. The van der Waals surface area contributed by atoms with Gasteiger partial charge >= 0.3 is 0 Å². The zero-order valence-corrected chi connectivity index (χ0v) is 13.2. The first-order valence-electron chi connectivity index (χ1n) is 6.58. The summed E-state index contributed by atoms with van der Waals surface area (Å²) in [6, 6.07) is 8.03. The SMILES string of the molecule is CC(C)CNCc1ccc(Sc2ccncn2)c(Cl)c1. The summed E-state index contributed by atoms with van der Waals surface area (Å²) in [4.78, 5) is 9.11. The average molecular weight is 308 g/mol. The first-order valence-corrected chi connectivity index (χ1v) is 7.77. The van der Waals surface area contributed by atoms with Gasteiger partial charge in [-0.2, -0.15) is 0 Å². The van der Waals surface area contributed by atoms with Gasteiger partial charge in [0.05, 0.1) is 5.02 Å². The molecule has 0 bridgehead atoms. The number of aromatic nitrogens is 2. The molecule has 2 aromatic rings. The van der Waals surface area contributed by atoms with Crippen LogP contribution in [0.3, 0.4) is 0 Å². The van der Waals surface area contributed by atoms with Gasteiger partial charge in [-0.05, 0) is 36.2 Å². The quantitative estimate of drug-likeness (QED) is 0.818. The molecule has 2 rings (SSSR count). The molecule has 106 valence electrons. The Kier molecular flexibility index (Phi) is 5.83. The van der Waals surface area contributed by atoms with Crippen LogP contribution in [-0.2, 0) is 6.54 Å². The van der Waals surface area contributed by atoms with Crippen LogP contribution >= 0.6 is 23.4 Å². The van der Waals surface area contributed by atoms with Crippen LogP contribution in [0.25, 0.3) is 0 Å². The monoisotopic (exact) mass is 307 g/mol. The van der Waals surface area contributed by atoms with E-state index >= 15 is 0 Å². The lowest BCUT2D eigenvalue weighted by Gasteiger charge is -2.09. The Morgan fingerprint density at radius 2 is 2.15 bits per heavy atom. The van der Waals surface area contributed by atoms with Gasteiger partial charge in [0.25, 0.3) is 0 Å². The van der Waals surface area contributed by atoms with Crippen molar-refractivity contribution in [2.45, 2.75) is 30.3 Å². The van der Waals surface area contributed by atoms with E-state index in [-0.39, 0.29) is 0 Å². The normalized spacial score (nSPS) is 11.0. The van der Waals surface area contributed by atoms with Crippen LogP contribution in [-0.4, -0.2) is 16.5 Å². The predicted molar refractivity (Wildman–Crippen MR) is 84.2 cm³/mol. The molecule has 1 heterocycles. The summed E-state index contributed by atoms with van der Waals surface area (Å²) < 4.78 is 0. The molecule has 1 aromatic heterocycles. The summed E-state index contributed by atoms with van der Waals surface area (Å²) in [6.07, 6.45) is 3.27. The summed E-state index contributed by atoms with van der Waals surface area (Å²) in [7, 11) is 0. The van der Waals surface area contributed by atoms with E-state index in [1.54, 1.807) is 24.3 Å². The van der Waals surface area contributed by atoms with Gasteiger partial charge in [-0.3, -0.25) is 0 Å². The van der Waals surface area contributed by atoms with Crippen LogP contribution in [0.15, 0.2) is 46.7 Å². The minimum Gasteiger partial charge on any atom is -0.312 e. The van der Waals surface area contributed by atoms with Crippen molar-refractivity contribution in [2.24, 2.45) is 5.92 Å². The molecule has 0 saturated carbocycles. The molecule has 0 aliphatic heterocycles. The van der Waals surface area contributed by atoms with E-state index in [2.05, 4.69) is 35.2 Å². The molecule has 0 aliphatic rings. The highest BCUT2D eigenvalue weighted by Crippen LogP contribution is 2.32. The summed E-state index contributed by atoms with van der Waals surface area (Å²) in [5.41, 5.74) is 1.20. The summed E-state index contributed by atoms with van der Waals surface area (Å²) in [5, 5.41) is 5.07. The summed E-state index contributed by atoms with van der Waals surface area (Å²) >= 11 is 7.88. The van der Waals surface area contributed by atoms with E-state index in [0.717, 1.165) is 28.0 Å². The third-order valence-corrected chi connectivity index (χ3v) is 4.10. The van der Waals surface area contributed by atoms with E-state index in [4.69, 9.17) is 11.6 Å². The molecular weight excluding hydrogens is 290 g/mol. The molecule has 1 N–H and O–H groups in total. The highest BCUT2D eigenvalue weighted by molar-refractivity contribution is 7.99. The van der Waals surface area contributed by atoms with Crippen LogP contribution in [0.2, 0.25) is 5.02 Å². The molecule has 0 aliphatic carbocycles. The highest BCUT2D eigenvalue weighted by atomic mass is 35.5.